The molecule has 1 aromatic carbocycles. The first-order chi connectivity index (χ1) is 8.06. The zero-order chi connectivity index (χ0) is 12.4. The van der Waals surface area contributed by atoms with Gasteiger partial charge in [0.2, 0.25) is 0 Å². The summed E-state index contributed by atoms with van der Waals surface area (Å²) in [6, 6.07) is 6.46. The van der Waals surface area contributed by atoms with Crippen LogP contribution in [0.25, 0.3) is 11.1 Å². The minimum atomic E-state index is 0.242. The van der Waals surface area contributed by atoms with Crippen molar-refractivity contribution in [3.63, 3.8) is 0 Å². The molecule has 2 aromatic rings. The number of fused-ring (bicyclic) bond motifs is 1. The number of hydrogen-bond donors (Lipinski definition) is 1. The molecule has 0 spiro atoms. The van der Waals surface area contributed by atoms with Gasteiger partial charge in [-0.25, -0.2) is 4.98 Å². The third-order valence-electron chi connectivity index (χ3n) is 2.85. The molecule has 3 nitrogen and oxygen atoms in total. The molecule has 2 rings (SSSR count). The van der Waals surface area contributed by atoms with Gasteiger partial charge in [-0.1, -0.05) is 19.9 Å². The predicted molar refractivity (Wildman–Crippen MR) is 70.1 cm³/mol. The number of aryl methyl sites for hydroxylation is 1. The Balaban J connectivity index is 2.24. The molecular weight excluding hydrogens is 212 g/mol. The van der Waals surface area contributed by atoms with Crippen LogP contribution in [0.15, 0.2) is 22.6 Å². The van der Waals surface area contributed by atoms with Gasteiger partial charge in [0, 0.05) is 12.0 Å². The fraction of sp³-hybridized carbons (Fsp3) is 0.500. The molecular formula is C14H20N2O. The van der Waals surface area contributed by atoms with E-state index in [2.05, 4.69) is 31.0 Å². The molecule has 0 amide bonds. The van der Waals surface area contributed by atoms with Crippen molar-refractivity contribution >= 4 is 11.1 Å². The first-order valence-electron chi connectivity index (χ1n) is 6.21. The van der Waals surface area contributed by atoms with Crippen LogP contribution in [0.1, 0.15) is 44.6 Å². The van der Waals surface area contributed by atoms with Gasteiger partial charge in [-0.15, -0.1) is 0 Å². The molecule has 0 aliphatic carbocycles. The highest BCUT2D eigenvalue weighted by atomic mass is 16.3. The van der Waals surface area contributed by atoms with E-state index in [0.29, 0.717) is 5.92 Å². The highest BCUT2D eigenvalue weighted by Gasteiger charge is 2.09. The average Bonchev–Trinajstić information content (AvgIpc) is 2.69. The van der Waals surface area contributed by atoms with Crippen molar-refractivity contribution in [3.05, 3.63) is 29.7 Å². The maximum Gasteiger partial charge on any atom is 0.198 e. The minimum absolute atomic E-state index is 0.242. The number of benzene rings is 1. The Labute approximate surface area is 102 Å². The molecule has 0 saturated carbocycles. The van der Waals surface area contributed by atoms with Crippen molar-refractivity contribution in [2.75, 3.05) is 0 Å². The molecule has 0 fully saturated rings. The summed E-state index contributed by atoms with van der Waals surface area (Å²) in [5.74, 6) is 1.14. The first kappa shape index (κ1) is 12.1. The summed E-state index contributed by atoms with van der Waals surface area (Å²) in [6.45, 7) is 6.20. The maximum atomic E-state index is 5.76. The first-order valence-corrected chi connectivity index (χ1v) is 6.21. The van der Waals surface area contributed by atoms with E-state index in [1.54, 1.807) is 0 Å². The van der Waals surface area contributed by atoms with E-state index in [1.165, 1.54) is 5.56 Å². The summed E-state index contributed by atoms with van der Waals surface area (Å²) in [4.78, 5) is 4.46. The van der Waals surface area contributed by atoms with Crippen molar-refractivity contribution in [1.29, 1.82) is 0 Å². The van der Waals surface area contributed by atoms with Crippen LogP contribution in [0.4, 0.5) is 0 Å². The van der Waals surface area contributed by atoms with Gasteiger partial charge >= 0.3 is 0 Å². The third kappa shape index (κ3) is 2.86. The number of nitrogens with two attached hydrogens (primary N) is 1. The lowest BCUT2D eigenvalue weighted by atomic mass is 10.1. The van der Waals surface area contributed by atoms with Crippen molar-refractivity contribution < 1.29 is 4.42 Å². The summed E-state index contributed by atoms with van der Waals surface area (Å²) in [6.07, 6.45) is 1.99. The molecule has 3 heteroatoms. The van der Waals surface area contributed by atoms with Crippen LogP contribution in [0.3, 0.4) is 0 Å². The van der Waals surface area contributed by atoms with E-state index < -0.39 is 0 Å². The second kappa shape index (κ2) is 4.88. The lowest BCUT2D eigenvalue weighted by molar-refractivity contribution is 0.501. The van der Waals surface area contributed by atoms with Crippen LogP contribution >= 0.6 is 0 Å². The molecule has 17 heavy (non-hydrogen) atoms. The monoisotopic (exact) mass is 232 g/mol. The molecule has 1 heterocycles. The van der Waals surface area contributed by atoms with Crippen LogP contribution in [0.5, 0.6) is 0 Å². The van der Waals surface area contributed by atoms with E-state index in [4.69, 9.17) is 10.2 Å². The van der Waals surface area contributed by atoms with Crippen LogP contribution in [0.2, 0.25) is 0 Å². The maximum absolute atomic E-state index is 5.76. The molecule has 1 atom stereocenters. The number of nitrogens with zero attached hydrogens (tertiary/aromatic N) is 1. The van der Waals surface area contributed by atoms with Crippen molar-refractivity contribution in [1.82, 2.24) is 4.98 Å². The second-order valence-electron chi connectivity index (χ2n) is 5.02. The minimum Gasteiger partial charge on any atom is -0.440 e. The Hall–Kier alpha value is -1.35. The van der Waals surface area contributed by atoms with Gasteiger partial charge in [-0.05, 0) is 37.5 Å². The van der Waals surface area contributed by atoms with Crippen LogP contribution in [-0.4, -0.2) is 11.0 Å². The molecule has 2 N–H and O–H groups in total. The van der Waals surface area contributed by atoms with Gasteiger partial charge in [0.15, 0.2) is 11.5 Å². The Morgan fingerprint density at radius 2 is 2.06 bits per heavy atom. The summed E-state index contributed by atoms with van der Waals surface area (Å²) in [5, 5.41) is 0. The summed E-state index contributed by atoms with van der Waals surface area (Å²) >= 11 is 0. The lowest BCUT2D eigenvalue weighted by Crippen LogP contribution is -2.15. The molecule has 0 saturated heterocycles. The molecule has 0 aliphatic heterocycles. The molecule has 1 aromatic heterocycles. The van der Waals surface area contributed by atoms with Gasteiger partial charge in [0.05, 0.1) is 0 Å². The van der Waals surface area contributed by atoms with Gasteiger partial charge in [0.25, 0.3) is 0 Å². The van der Waals surface area contributed by atoms with E-state index in [-0.39, 0.29) is 6.04 Å². The fourth-order valence-electron chi connectivity index (χ4n) is 1.78. The van der Waals surface area contributed by atoms with Gasteiger partial charge in [-0.2, -0.15) is 0 Å². The Kier molecular flexibility index (Phi) is 3.48. The average molecular weight is 232 g/mol. The Bertz CT molecular complexity index is 500. The van der Waals surface area contributed by atoms with Gasteiger partial charge in [0.1, 0.15) is 5.52 Å². The zero-order valence-electron chi connectivity index (χ0n) is 10.7. The van der Waals surface area contributed by atoms with Crippen LogP contribution in [-0.2, 0) is 6.42 Å². The zero-order valence-corrected chi connectivity index (χ0v) is 10.7. The highest BCUT2D eigenvalue weighted by molar-refractivity contribution is 5.73. The lowest BCUT2D eigenvalue weighted by Gasteiger charge is -2.04. The van der Waals surface area contributed by atoms with Crippen LogP contribution in [0, 0.1) is 0 Å². The third-order valence-corrected chi connectivity index (χ3v) is 2.85. The number of hydrogen-bond acceptors (Lipinski definition) is 3. The van der Waals surface area contributed by atoms with E-state index in [9.17, 15) is 0 Å². The van der Waals surface area contributed by atoms with Crippen molar-refractivity contribution in [3.8, 4) is 0 Å². The number of rotatable bonds is 4. The topological polar surface area (TPSA) is 52.0 Å². The van der Waals surface area contributed by atoms with Crippen molar-refractivity contribution in [2.24, 2.45) is 5.73 Å². The van der Waals surface area contributed by atoms with Gasteiger partial charge < -0.3 is 10.2 Å². The van der Waals surface area contributed by atoms with Gasteiger partial charge in [-0.3, -0.25) is 0 Å². The normalized spacial score (nSPS) is 13.5. The molecule has 0 radical (unpaired) electrons. The molecule has 0 bridgehead atoms. The SMILES string of the molecule is CC(N)CCc1ccc2nc(C(C)C)oc2c1. The smallest absolute Gasteiger partial charge is 0.198 e. The highest BCUT2D eigenvalue weighted by Crippen LogP contribution is 2.22. The summed E-state index contributed by atoms with van der Waals surface area (Å²) < 4.78 is 5.73. The number of aromatic nitrogens is 1. The Morgan fingerprint density at radius 1 is 1.29 bits per heavy atom. The van der Waals surface area contributed by atoms with E-state index in [0.717, 1.165) is 29.8 Å². The molecule has 92 valence electrons. The molecule has 1 unspecified atom stereocenters. The van der Waals surface area contributed by atoms with E-state index in [1.807, 2.05) is 13.0 Å². The number of oxazole rings is 1. The van der Waals surface area contributed by atoms with Crippen molar-refractivity contribution in [2.45, 2.75) is 45.6 Å². The molecule has 0 aliphatic rings. The quantitative estimate of drug-likeness (QED) is 0.880. The predicted octanol–water partition coefficient (Wildman–Crippen LogP) is 3.23. The summed E-state index contributed by atoms with van der Waals surface area (Å²) in [5.41, 5.74) is 8.85. The standard InChI is InChI=1S/C14H20N2O/c1-9(2)14-16-12-7-6-11(5-4-10(3)15)8-13(12)17-14/h6-10H,4-5,15H2,1-3H3. The van der Waals surface area contributed by atoms with Crippen LogP contribution < -0.4 is 5.73 Å². The summed E-state index contributed by atoms with van der Waals surface area (Å²) in [7, 11) is 0. The van der Waals surface area contributed by atoms with E-state index >= 15 is 0 Å². The largest absolute Gasteiger partial charge is 0.440 e. The fourth-order valence-corrected chi connectivity index (χ4v) is 1.78. The second-order valence-corrected chi connectivity index (χ2v) is 5.02. The Morgan fingerprint density at radius 3 is 2.71 bits per heavy atom.